The number of H-pyrrole nitrogens is 1. The summed E-state index contributed by atoms with van der Waals surface area (Å²) in [5, 5.41) is 8.20. The van der Waals surface area contributed by atoms with E-state index in [9.17, 15) is 4.39 Å². The third-order valence-electron chi connectivity index (χ3n) is 6.92. The van der Waals surface area contributed by atoms with Gasteiger partial charge in [0.05, 0.1) is 29.0 Å². The molecule has 0 saturated carbocycles. The Morgan fingerprint density at radius 2 is 1.94 bits per heavy atom. The van der Waals surface area contributed by atoms with Crippen LogP contribution in [0.4, 0.5) is 15.9 Å². The monoisotopic (exact) mass is 476 g/mol. The maximum atomic E-state index is 14.5. The second-order valence-corrected chi connectivity index (χ2v) is 10.4. The molecule has 0 radical (unpaired) electrons. The molecular weight excluding hydrogens is 447 g/mol. The largest absolute Gasteiger partial charge is 0.421 e. The van der Waals surface area contributed by atoms with Crippen LogP contribution in [-0.4, -0.2) is 57.6 Å². The molecule has 2 fully saturated rings. The summed E-state index contributed by atoms with van der Waals surface area (Å²) in [6.45, 7) is 8.94. The summed E-state index contributed by atoms with van der Waals surface area (Å²) in [7, 11) is 1.77. The molecule has 182 valence electrons. The zero-order valence-electron chi connectivity index (χ0n) is 20.3. The van der Waals surface area contributed by atoms with Crippen molar-refractivity contribution in [3.05, 3.63) is 36.2 Å². The number of hydrogen-bond acceptors (Lipinski definition) is 8. The lowest BCUT2D eigenvalue weighted by molar-refractivity contribution is 0.435. The van der Waals surface area contributed by atoms with Crippen molar-refractivity contribution in [1.82, 2.24) is 30.2 Å². The van der Waals surface area contributed by atoms with Gasteiger partial charge in [-0.05, 0) is 31.0 Å². The van der Waals surface area contributed by atoms with Crippen molar-refractivity contribution in [2.75, 3.05) is 36.9 Å². The summed E-state index contributed by atoms with van der Waals surface area (Å²) in [5.74, 6) is 2.19. The topological polar surface area (TPSA) is 104 Å². The van der Waals surface area contributed by atoms with Crippen LogP contribution < -0.4 is 20.3 Å². The van der Waals surface area contributed by atoms with Gasteiger partial charge in [-0.25, -0.2) is 14.4 Å². The van der Waals surface area contributed by atoms with Crippen LogP contribution >= 0.6 is 0 Å². The zero-order chi connectivity index (χ0) is 24.3. The normalized spacial score (nSPS) is 20.1. The lowest BCUT2D eigenvalue weighted by Crippen LogP contribution is -2.30. The van der Waals surface area contributed by atoms with E-state index in [2.05, 4.69) is 56.2 Å². The average molecular weight is 477 g/mol. The number of rotatable bonds is 4. The molecule has 10 heteroatoms. The maximum Gasteiger partial charge on any atom is 0.326 e. The SMILES string of the molecule is CNc1cc(F)cc2c1[nH]c1nc(Oc3cnc(C(C)(C)C)nc3)nc(N3CC4CCNC4C3)c12. The average Bonchev–Trinajstić information content (AvgIpc) is 3.51. The van der Waals surface area contributed by atoms with Gasteiger partial charge in [-0.1, -0.05) is 20.8 Å². The van der Waals surface area contributed by atoms with E-state index in [4.69, 9.17) is 9.72 Å². The fourth-order valence-electron chi connectivity index (χ4n) is 5.18. The number of nitrogens with one attached hydrogen (secondary N) is 3. The highest BCUT2D eigenvalue weighted by molar-refractivity contribution is 6.14. The van der Waals surface area contributed by atoms with Gasteiger partial charge < -0.3 is 25.3 Å². The van der Waals surface area contributed by atoms with E-state index in [1.54, 1.807) is 19.4 Å². The van der Waals surface area contributed by atoms with Crippen LogP contribution in [0, 0.1) is 11.7 Å². The zero-order valence-corrected chi connectivity index (χ0v) is 20.3. The Hall–Kier alpha value is -3.53. The van der Waals surface area contributed by atoms with Gasteiger partial charge in [0.2, 0.25) is 0 Å². The molecule has 2 unspecified atom stereocenters. The minimum atomic E-state index is -0.315. The third-order valence-corrected chi connectivity index (χ3v) is 6.92. The van der Waals surface area contributed by atoms with Crippen LogP contribution in [0.1, 0.15) is 33.0 Å². The van der Waals surface area contributed by atoms with Gasteiger partial charge in [-0.2, -0.15) is 9.97 Å². The smallest absolute Gasteiger partial charge is 0.326 e. The van der Waals surface area contributed by atoms with E-state index in [0.29, 0.717) is 29.0 Å². The van der Waals surface area contributed by atoms with E-state index < -0.39 is 0 Å². The summed E-state index contributed by atoms with van der Waals surface area (Å²) in [6, 6.07) is 3.64. The standard InChI is InChI=1S/C25H29FN8O/c1-25(2,3)23-29-9-15(10-30-23)35-24-32-21-19(16-7-14(26)8-17(27-4)20(16)31-21)22(33-24)34-11-13-5-6-28-18(13)12-34/h7-10,13,18,27-28H,5-6,11-12H2,1-4H3,(H,31,32,33). The molecule has 35 heavy (non-hydrogen) atoms. The van der Waals surface area contributed by atoms with Gasteiger partial charge in [0.15, 0.2) is 5.75 Å². The highest BCUT2D eigenvalue weighted by Crippen LogP contribution is 2.39. The fraction of sp³-hybridized carbons (Fsp3) is 0.440. The minimum Gasteiger partial charge on any atom is -0.421 e. The Morgan fingerprint density at radius 3 is 2.66 bits per heavy atom. The van der Waals surface area contributed by atoms with Gasteiger partial charge >= 0.3 is 6.01 Å². The number of ether oxygens (including phenoxy) is 1. The summed E-state index contributed by atoms with van der Waals surface area (Å²) >= 11 is 0. The van der Waals surface area contributed by atoms with Crippen molar-refractivity contribution in [3.63, 3.8) is 0 Å². The van der Waals surface area contributed by atoms with Crippen LogP contribution in [0.25, 0.3) is 21.9 Å². The first-order chi connectivity index (χ1) is 16.8. The number of benzene rings is 1. The van der Waals surface area contributed by atoms with Crippen molar-refractivity contribution >= 4 is 33.4 Å². The predicted octanol–water partition coefficient (Wildman–Crippen LogP) is 3.97. The number of fused-ring (bicyclic) bond motifs is 4. The number of hydrogen-bond donors (Lipinski definition) is 3. The Kier molecular flexibility index (Phi) is 5.03. The molecule has 1 aromatic carbocycles. The van der Waals surface area contributed by atoms with E-state index in [1.165, 1.54) is 12.1 Å². The molecule has 2 saturated heterocycles. The van der Waals surface area contributed by atoms with E-state index in [-0.39, 0.29) is 17.2 Å². The molecule has 0 bridgehead atoms. The van der Waals surface area contributed by atoms with E-state index in [0.717, 1.165) is 54.0 Å². The lowest BCUT2D eigenvalue weighted by Gasteiger charge is -2.20. The van der Waals surface area contributed by atoms with Crippen molar-refractivity contribution in [2.24, 2.45) is 5.92 Å². The molecular formula is C25H29FN8O. The molecule has 5 heterocycles. The highest BCUT2D eigenvalue weighted by Gasteiger charge is 2.37. The first-order valence-electron chi connectivity index (χ1n) is 12.0. The molecule has 6 rings (SSSR count). The van der Waals surface area contributed by atoms with Crippen LogP contribution in [0.3, 0.4) is 0 Å². The molecule has 3 N–H and O–H groups in total. The van der Waals surface area contributed by atoms with E-state index in [1.807, 2.05) is 0 Å². The second-order valence-electron chi connectivity index (χ2n) is 10.4. The molecule has 2 aliphatic rings. The Labute approximate surface area is 202 Å². The lowest BCUT2D eigenvalue weighted by atomic mass is 9.96. The number of anilines is 2. The van der Waals surface area contributed by atoms with E-state index >= 15 is 0 Å². The van der Waals surface area contributed by atoms with Crippen molar-refractivity contribution in [1.29, 1.82) is 0 Å². The van der Waals surface area contributed by atoms with Crippen LogP contribution in [-0.2, 0) is 5.41 Å². The van der Waals surface area contributed by atoms with Gasteiger partial charge in [0.25, 0.3) is 0 Å². The van der Waals surface area contributed by atoms with Crippen LogP contribution in [0.5, 0.6) is 11.8 Å². The number of nitrogens with zero attached hydrogens (tertiary/aromatic N) is 5. The number of aromatic nitrogens is 5. The second kappa shape index (κ2) is 8.01. The number of aromatic amines is 1. The molecule has 2 atom stereocenters. The Balaban J connectivity index is 1.47. The summed E-state index contributed by atoms with van der Waals surface area (Å²) in [5.41, 5.74) is 1.89. The molecule has 4 aromatic rings. The van der Waals surface area contributed by atoms with Gasteiger partial charge in [-0.3, -0.25) is 0 Å². The summed E-state index contributed by atoms with van der Waals surface area (Å²) in [6.07, 6.45) is 4.43. The highest BCUT2D eigenvalue weighted by atomic mass is 19.1. The molecule has 0 spiro atoms. The molecule has 3 aromatic heterocycles. The van der Waals surface area contributed by atoms with Crippen LogP contribution in [0.15, 0.2) is 24.5 Å². The molecule has 9 nitrogen and oxygen atoms in total. The van der Waals surface area contributed by atoms with Crippen LogP contribution in [0.2, 0.25) is 0 Å². The summed E-state index contributed by atoms with van der Waals surface area (Å²) < 4.78 is 20.5. The van der Waals surface area contributed by atoms with Crippen molar-refractivity contribution in [2.45, 2.75) is 38.6 Å². The molecule has 0 amide bonds. The third kappa shape index (κ3) is 3.81. The first-order valence-corrected chi connectivity index (χ1v) is 12.0. The predicted molar refractivity (Wildman–Crippen MR) is 134 cm³/mol. The molecule has 2 aliphatic heterocycles. The quantitative estimate of drug-likeness (QED) is 0.407. The maximum absolute atomic E-state index is 14.5. The fourth-order valence-corrected chi connectivity index (χ4v) is 5.18. The Morgan fingerprint density at radius 1 is 1.14 bits per heavy atom. The number of halogens is 1. The van der Waals surface area contributed by atoms with Crippen molar-refractivity contribution in [3.8, 4) is 11.8 Å². The van der Waals surface area contributed by atoms with Crippen molar-refractivity contribution < 1.29 is 9.13 Å². The van der Waals surface area contributed by atoms with Gasteiger partial charge in [-0.15, -0.1) is 0 Å². The minimum absolute atomic E-state index is 0.159. The molecule has 0 aliphatic carbocycles. The Bertz CT molecular complexity index is 1400. The first kappa shape index (κ1) is 22.0. The summed E-state index contributed by atoms with van der Waals surface area (Å²) in [4.78, 5) is 24.0. The van der Waals surface area contributed by atoms with Gasteiger partial charge in [0.1, 0.15) is 23.1 Å². The van der Waals surface area contributed by atoms with Gasteiger partial charge in [0, 0.05) is 37.0 Å².